The van der Waals surface area contributed by atoms with Crippen LogP contribution in [0.1, 0.15) is 12.8 Å². The predicted octanol–water partition coefficient (Wildman–Crippen LogP) is 0.749. The van der Waals surface area contributed by atoms with Gasteiger partial charge in [0, 0.05) is 45.3 Å². The first-order valence-electron chi connectivity index (χ1n) is 7.72. The Bertz CT molecular complexity index is 473. The molecule has 2 aliphatic heterocycles. The van der Waals surface area contributed by atoms with Crippen LogP contribution in [0.25, 0.3) is 0 Å². The van der Waals surface area contributed by atoms with Crippen molar-refractivity contribution in [3.05, 3.63) is 12.3 Å². The molecule has 116 valence electrons. The SMILES string of the molecule is CN(C)c1nccc(N2CCOC[C@@]3(CCCNC3)C2)n1. The first-order chi connectivity index (χ1) is 10.2. The Morgan fingerprint density at radius 1 is 1.43 bits per heavy atom. The first-order valence-corrected chi connectivity index (χ1v) is 7.72. The molecule has 3 heterocycles. The van der Waals surface area contributed by atoms with Gasteiger partial charge in [0.15, 0.2) is 0 Å². The Balaban J connectivity index is 1.81. The lowest BCUT2D eigenvalue weighted by atomic mass is 9.81. The topological polar surface area (TPSA) is 53.5 Å². The number of rotatable bonds is 2. The molecule has 0 aromatic carbocycles. The van der Waals surface area contributed by atoms with Crippen LogP contribution in [0.3, 0.4) is 0 Å². The molecule has 1 atom stereocenters. The molecule has 0 saturated carbocycles. The van der Waals surface area contributed by atoms with Crippen LogP contribution in [-0.4, -0.2) is 63.5 Å². The van der Waals surface area contributed by atoms with Crippen LogP contribution in [-0.2, 0) is 4.74 Å². The second-order valence-corrected chi connectivity index (χ2v) is 6.36. The van der Waals surface area contributed by atoms with Crippen LogP contribution in [0, 0.1) is 5.41 Å². The largest absolute Gasteiger partial charge is 0.379 e. The molecule has 21 heavy (non-hydrogen) atoms. The second kappa shape index (κ2) is 6.15. The summed E-state index contributed by atoms with van der Waals surface area (Å²) >= 11 is 0. The Morgan fingerprint density at radius 2 is 2.33 bits per heavy atom. The third kappa shape index (κ3) is 3.27. The normalized spacial score (nSPS) is 26.7. The van der Waals surface area contributed by atoms with Crippen LogP contribution in [0.4, 0.5) is 11.8 Å². The summed E-state index contributed by atoms with van der Waals surface area (Å²) in [4.78, 5) is 13.3. The van der Waals surface area contributed by atoms with Gasteiger partial charge in [-0.15, -0.1) is 0 Å². The van der Waals surface area contributed by atoms with Crippen molar-refractivity contribution < 1.29 is 4.74 Å². The van der Waals surface area contributed by atoms with E-state index in [0.29, 0.717) is 0 Å². The number of ether oxygens (including phenoxy) is 1. The minimum atomic E-state index is 0.220. The van der Waals surface area contributed by atoms with E-state index in [1.807, 2.05) is 31.3 Å². The van der Waals surface area contributed by atoms with Crippen LogP contribution >= 0.6 is 0 Å². The quantitative estimate of drug-likeness (QED) is 0.868. The van der Waals surface area contributed by atoms with Crippen molar-refractivity contribution in [2.24, 2.45) is 5.41 Å². The molecule has 6 nitrogen and oxygen atoms in total. The molecule has 1 aromatic rings. The second-order valence-electron chi connectivity index (χ2n) is 6.36. The maximum Gasteiger partial charge on any atom is 0.226 e. The molecule has 2 saturated heterocycles. The summed E-state index contributed by atoms with van der Waals surface area (Å²) in [6.07, 6.45) is 4.29. The first kappa shape index (κ1) is 14.5. The van der Waals surface area contributed by atoms with Gasteiger partial charge in [-0.1, -0.05) is 0 Å². The highest BCUT2D eigenvalue weighted by Crippen LogP contribution is 2.31. The van der Waals surface area contributed by atoms with Gasteiger partial charge in [0.05, 0.1) is 13.2 Å². The maximum atomic E-state index is 5.88. The maximum absolute atomic E-state index is 5.88. The van der Waals surface area contributed by atoms with Crippen LogP contribution in [0.2, 0.25) is 0 Å². The highest BCUT2D eigenvalue weighted by atomic mass is 16.5. The smallest absolute Gasteiger partial charge is 0.226 e. The minimum Gasteiger partial charge on any atom is -0.379 e. The van der Waals surface area contributed by atoms with E-state index in [0.717, 1.165) is 51.2 Å². The Morgan fingerprint density at radius 3 is 3.10 bits per heavy atom. The van der Waals surface area contributed by atoms with Gasteiger partial charge in [0.25, 0.3) is 0 Å². The summed E-state index contributed by atoms with van der Waals surface area (Å²) < 4.78 is 5.88. The van der Waals surface area contributed by atoms with E-state index in [-0.39, 0.29) is 5.41 Å². The van der Waals surface area contributed by atoms with Gasteiger partial charge < -0.3 is 19.9 Å². The van der Waals surface area contributed by atoms with E-state index in [1.165, 1.54) is 12.8 Å². The minimum absolute atomic E-state index is 0.220. The van der Waals surface area contributed by atoms with Crippen LogP contribution in [0.5, 0.6) is 0 Å². The van der Waals surface area contributed by atoms with E-state index in [9.17, 15) is 0 Å². The summed E-state index contributed by atoms with van der Waals surface area (Å²) in [5, 5.41) is 3.53. The van der Waals surface area contributed by atoms with Crippen molar-refractivity contribution >= 4 is 11.8 Å². The van der Waals surface area contributed by atoms with Gasteiger partial charge in [-0.3, -0.25) is 0 Å². The average Bonchev–Trinajstić information content (AvgIpc) is 2.71. The van der Waals surface area contributed by atoms with Crippen molar-refractivity contribution in [3.8, 4) is 0 Å². The Labute approximate surface area is 126 Å². The van der Waals surface area contributed by atoms with Crippen LogP contribution in [0.15, 0.2) is 12.3 Å². The lowest BCUT2D eigenvalue weighted by Crippen LogP contribution is -2.49. The third-order valence-electron chi connectivity index (χ3n) is 4.35. The lowest BCUT2D eigenvalue weighted by Gasteiger charge is -2.39. The molecule has 1 spiro atoms. The molecule has 0 unspecified atom stereocenters. The fourth-order valence-corrected chi connectivity index (χ4v) is 3.21. The van der Waals surface area contributed by atoms with Gasteiger partial charge >= 0.3 is 0 Å². The van der Waals surface area contributed by atoms with Crippen molar-refractivity contribution in [1.82, 2.24) is 15.3 Å². The number of piperidine rings is 1. The molecule has 6 heteroatoms. The summed E-state index contributed by atoms with van der Waals surface area (Å²) in [6, 6.07) is 2.00. The number of anilines is 2. The number of aromatic nitrogens is 2. The molecular weight excluding hydrogens is 266 g/mol. The van der Waals surface area contributed by atoms with E-state index in [2.05, 4.69) is 20.2 Å². The standard InChI is InChI=1S/C15H25N5O/c1-19(2)14-17-7-4-13(18-14)20-8-9-21-12-15(11-20)5-3-6-16-10-15/h4,7,16H,3,5-6,8-12H2,1-2H3/t15-/m1/s1. The van der Waals surface area contributed by atoms with E-state index in [1.54, 1.807) is 0 Å². The molecule has 3 rings (SSSR count). The van der Waals surface area contributed by atoms with Crippen molar-refractivity contribution in [2.45, 2.75) is 12.8 Å². The van der Waals surface area contributed by atoms with Crippen molar-refractivity contribution in [1.29, 1.82) is 0 Å². The van der Waals surface area contributed by atoms with E-state index in [4.69, 9.17) is 4.74 Å². The zero-order valence-corrected chi connectivity index (χ0v) is 13.0. The fraction of sp³-hybridized carbons (Fsp3) is 0.733. The number of hydrogen-bond donors (Lipinski definition) is 1. The third-order valence-corrected chi connectivity index (χ3v) is 4.35. The zero-order chi connectivity index (χ0) is 14.7. The molecule has 0 bridgehead atoms. The predicted molar refractivity (Wildman–Crippen MR) is 83.9 cm³/mol. The molecule has 0 radical (unpaired) electrons. The number of nitrogens with zero attached hydrogens (tertiary/aromatic N) is 4. The molecule has 2 fully saturated rings. The Kier molecular flexibility index (Phi) is 4.26. The molecule has 0 aliphatic carbocycles. The molecule has 1 aromatic heterocycles. The Hall–Kier alpha value is -1.40. The molecule has 2 aliphatic rings. The number of hydrogen-bond acceptors (Lipinski definition) is 6. The molecule has 0 amide bonds. The van der Waals surface area contributed by atoms with Gasteiger partial charge in [0.2, 0.25) is 5.95 Å². The van der Waals surface area contributed by atoms with Gasteiger partial charge in [-0.2, -0.15) is 4.98 Å². The summed E-state index contributed by atoms with van der Waals surface area (Å²) in [7, 11) is 3.94. The lowest BCUT2D eigenvalue weighted by molar-refractivity contribution is 0.0536. The molecular formula is C15H25N5O. The summed E-state index contributed by atoms with van der Waals surface area (Å²) in [6.45, 7) is 5.68. The van der Waals surface area contributed by atoms with Crippen molar-refractivity contribution in [3.63, 3.8) is 0 Å². The summed E-state index contributed by atoms with van der Waals surface area (Å²) in [5.74, 6) is 1.76. The van der Waals surface area contributed by atoms with E-state index >= 15 is 0 Å². The fourth-order valence-electron chi connectivity index (χ4n) is 3.21. The van der Waals surface area contributed by atoms with Gasteiger partial charge in [0.1, 0.15) is 5.82 Å². The highest BCUT2D eigenvalue weighted by Gasteiger charge is 2.36. The monoisotopic (exact) mass is 291 g/mol. The van der Waals surface area contributed by atoms with Gasteiger partial charge in [-0.05, 0) is 25.5 Å². The summed E-state index contributed by atoms with van der Waals surface area (Å²) in [5.41, 5.74) is 0.220. The van der Waals surface area contributed by atoms with Gasteiger partial charge in [-0.25, -0.2) is 4.98 Å². The average molecular weight is 291 g/mol. The number of nitrogens with one attached hydrogen (secondary N) is 1. The highest BCUT2D eigenvalue weighted by molar-refractivity contribution is 5.43. The zero-order valence-electron chi connectivity index (χ0n) is 13.0. The van der Waals surface area contributed by atoms with Crippen LogP contribution < -0.4 is 15.1 Å². The van der Waals surface area contributed by atoms with Crippen molar-refractivity contribution in [2.75, 3.05) is 63.3 Å². The van der Waals surface area contributed by atoms with E-state index < -0.39 is 0 Å². The molecule has 1 N–H and O–H groups in total.